The molecule has 0 fully saturated rings. The van der Waals surface area contributed by atoms with Gasteiger partial charge in [-0.3, -0.25) is 10.1 Å². The second kappa shape index (κ2) is 3.06. The van der Waals surface area contributed by atoms with Crippen molar-refractivity contribution in [3.8, 4) is 0 Å². The Labute approximate surface area is 52.9 Å². The van der Waals surface area contributed by atoms with Crippen molar-refractivity contribution in [3.05, 3.63) is 0 Å². The van der Waals surface area contributed by atoms with E-state index in [-0.39, 0.29) is 5.92 Å². The van der Waals surface area contributed by atoms with Crippen LogP contribution in [-0.4, -0.2) is 17.1 Å². The molecule has 0 bridgehead atoms. The van der Waals surface area contributed by atoms with Crippen LogP contribution in [0.4, 0.5) is 4.79 Å². The molecule has 0 unspecified atom stereocenters. The number of hydrogen-bond donors (Lipinski definition) is 2. The van der Waals surface area contributed by atoms with Gasteiger partial charge in [0, 0.05) is 5.92 Å². The van der Waals surface area contributed by atoms with Crippen LogP contribution in [0.15, 0.2) is 0 Å². The number of rotatable bonds is 1. The summed E-state index contributed by atoms with van der Waals surface area (Å²) >= 11 is 0. The van der Waals surface area contributed by atoms with Gasteiger partial charge in [-0.15, -0.1) is 0 Å². The first-order valence-electron chi connectivity index (χ1n) is 2.58. The largest absolute Gasteiger partial charge is 0.465 e. The Kier molecular flexibility index (Phi) is 2.70. The fourth-order valence-corrected chi connectivity index (χ4v) is 0.250. The third-order valence-electron chi connectivity index (χ3n) is 0.755. The minimum absolute atomic E-state index is 0.277. The van der Waals surface area contributed by atoms with E-state index in [4.69, 9.17) is 5.11 Å². The molecule has 0 saturated heterocycles. The Balaban J connectivity index is 3.64. The number of carboxylic acid groups (broad SMARTS) is 1. The van der Waals surface area contributed by atoms with Crippen LogP contribution in [0.5, 0.6) is 0 Å². The zero-order valence-corrected chi connectivity index (χ0v) is 5.34. The molecule has 52 valence electrons. The van der Waals surface area contributed by atoms with Crippen molar-refractivity contribution in [3.63, 3.8) is 0 Å². The molecule has 0 aromatic carbocycles. The molecule has 0 aliphatic carbocycles. The summed E-state index contributed by atoms with van der Waals surface area (Å²) in [7, 11) is 0. The average Bonchev–Trinajstić information content (AvgIpc) is 1.63. The highest BCUT2D eigenvalue weighted by molar-refractivity contribution is 5.91. The van der Waals surface area contributed by atoms with Gasteiger partial charge in [0.1, 0.15) is 0 Å². The lowest BCUT2D eigenvalue weighted by molar-refractivity contribution is -0.123. The van der Waals surface area contributed by atoms with Crippen LogP contribution in [0.1, 0.15) is 13.8 Å². The van der Waals surface area contributed by atoms with Crippen LogP contribution in [0.2, 0.25) is 0 Å². The average molecular weight is 131 g/mol. The molecule has 0 aromatic heterocycles. The molecule has 2 amide bonds. The van der Waals surface area contributed by atoms with E-state index >= 15 is 0 Å². The quantitative estimate of drug-likeness (QED) is 0.542. The third-order valence-corrected chi connectivity index (χ3v) is 0.755. The predicted molar refractivity (Wildman–Crippen MR) is 31.0 cm³/mol. The van der Waals surface area contributed by atoms with Gasteiger partial charge in [0.05, 0.1) is 0 Å². The number of nitrogens with one attached hydrogen (secondary N) is 1. The van der Waals surface area contributed by atoms with Gasteiger partial charge in [0.2, 0.25) is 5.91 Å². The van der Waals surface area contributed by atoms with Crippen molar-refractivity contribution < 1.29 is 14.7 Å². The number of hydrogen-bond acceptors (Lipinski definition) is 2. The molecule has 9 heavy (non-hydrogen) atoms. The predicted octanol–water partition coefficient (Wildman–Crippen LogP) is 0.437. The monoisotopic (exact) mass is 131 g/mol. The van der Waals surface area contributed by atoms with E-state index in [1.807, 2.05) is 0 Å². The summed E-state index contributed by atoms with van der Waals surface area (Å²) in [4.78, 5) is 20.2. The summed E-state index contributed by atoms with van der Waals surface area (Å²) in [6, 6.07) is 0. The molecule has 0 aliphatic heterocycles. The molecule has 4 heteroatoms. The van der Waals surface area contributed by atoms with Gasteiger partial charge in [-0.25, -0.2) is 4.79 Å². The Bertz CT molecular complexity index is 130. The molecule has 4 nitrogen and oxygen atoms in total. The molecule has 2 N–H and O–H groups in total. The van der Waals surface area contributed by atoms with E-state index in [1.165, 1.54) is 0 Å². The summed E-state index contributed by atoms with van der Waals surface area (Å²) < 4.78 is 0. The van der Waals surface area contributed by atoms with Crippen LogP contribution in [0, 0.1) is 5.92 Å². The molecule has 0 rings (SSSR count). The minimum atomic E-state index is -1.30. The lowest BCUT2D eigenvalue weighted by Gasteiger charge is -2.00. The fraction of sp³-hybridized carbons (Fsp3) is 0.600. The highest BCUT2D eigenvalue weighted by Crippen LogP contribution is 1.88. The van der Waals surface area contributed by atoms with Crippen LogP contribution in [0.3, 0.4) is 0 Å². The van der Waals surface area contributed by atoms with Crippen LogP contribution in [-0.2, 0) is 4.79 Å². The van der Waals surface area contributed by atoms with E-state index < -0.39 is 12.0 Å². The van der Waals surface area contributed by atoms with E-state index in [0.29, 0.717) is 0 Å². The van der Waals surface area contributed by atoms with E-state index in [0.717, 1.165) is 0 Å². The molecule has 0 aromatic rings. The molecular formula is C5H9NO3. The minimum Gasteiger partial charge on any atom is -0.465 e. The summed E-state index contributed by atoms with van der Waals surface area (Å²) in [6.45, 7) is 3.25. The molecule has 0 aliphatic rings. The summed E-state index contributed by atoms with van der Waals surface area (Å²) in [5, 5.41) is 9.72. The normalized spacial score (nSPS) is 9.22. The number of carbonyl (C=O) groups is 2. The lowest BCUT2D eigenvalue weighted by atomic mass is 10.2. The molecule has 0 saturated carbocycles. The van der Waals surface area contributed by atoms with Crippen molar-refractivity contribution in [2.75, 3.05) is 0 Å². The molecule has 0 radical (unpaired) electrons. The fourth-order valence-electron chi connectivity index (χ4n) is 0.250. The summed E-state index contributed by atoms with van der Waals surface area (Å²) in [6.07, 6.45) is -1.30. The smallest absolute Gasteiger partial charge is 0.411 e. The maximum Gasteiger partial charge on any atom is 0.411 e. The first-order chi connectivity index (χ1) is 4.04. The van der Waals surface area contributed by atoms with Gasteiger partial charge in [-0.1, -0.05) is 13.8 Å². The van der Waals surface area contributed by atoms with Crippen molar-refractivity contribution in [1.82, 2.24) is 5.32 Å². The molecule has 0 atom stereocenters. The zero-order valence-electron chi connectivity index (χ0n) is 5.34. The lowest BCUT2D eigenvalue weighted by Crippen LogP contribution is -2.32. The Morgan fingerprint density at radius 2 is 1.89 bits per heavy atom. The molecule has 0 spiro atoms. The van der Waals surface area contributed by atoms with Crippen molar-refractivity contribution >= 4 is 12.0 Å². The Hall–Kier alpha value is -1.06. The number of imide groups is 1. The maximum absolute atomic E-state index is 10.5. The van der Waals surface area contributed by atoms with Crippen molar-refractivity contribution in [2.24, 2.45) is 5.92 Å². The van der Waals surface area contributed by atoms with E-state index in [9.17, 15) is 9.59 Å². The van der Waals surface area contributed by atoms with E-state index in [2.05, 4.69) is 0 Å². The number of amides is 2. The molecule has 0 heterocycles. The van der Waals surface area contributed by atoms with Crippen LogP contribution < -0.4 is 5.32 Å². The van der Waals surface area contributed by atoms with Gasteiger partial charge in [-0.05, 0) is 0 Å². The second-order valence-electron chi connectivity index (χ2n) is 1.95. The topological polar surface area (TPSA) is 66.4 Å². The Morgan fingerprint density at radius 3 is 2.00 bits per heavy atom. The van der Waals surface area contributed by atoms with Gasteiger partial charge >= 0.3 is 6.09 Å². The van der Waals surface area contributed by atoms with Crippen LogP contribution in [0.25, 0.3) is 0 Å². The first-order valence-corrected chi connectivity index (χ1v) is 2.58. The Morgan fingerprint density at radius 1 is 1.44 bits per heavy atom. The highest BCUT2D eigenvalue weighted by atomic mass is 16.4. The third kappa shape index (κ3) is 3.52. The summed E-state index contributed by atoms with van der Waals surface area (Å²) in [5.74, 6) is -0.747. The van der Waals surface area contributed by atoms with Crippen molar-refractivity contribution in [1.29, 1.82) is 0 Å². The maximum atomic E-state index is 10.5. The summed E-state index contributed by atoms with van der Waals surface area (Å²) in [5.41, 5.74) is 0. The van der Waals surface area contributed by atoms with Crippen molar-refractivity contribution in [2.45, 2.75) is 13.8 Å². The van der Waals surface area contributed by atoms with E-state index in [1.54, 1.807) is 19.2 Å². The van der Waals surface area contributed by atoms with Gasteiger partial charge in [0.25, 0.3) is 0 Å². The first kappa shape index (κ1) is 7.94. The van der Waals surface area contributed by atoms with Gasteiger partial charge in [-0.2, -0.15) is 0 Å². The zero-order chi connectivity index (χ0) is 7.44. The SMILES string of the molecule is CC(C)C(=O)NC(=O)O. The standard InChI is InChI=1S/C5H9NO3/c1-3(2)4(7)6-5(8)9/h3H,1-2H3,(H,6,7)(H,8,9). The number of carbonyl (C=O) groups excluding carboxylic acids is 1. The van der Waals surface area contributed by atoms with Crippen LogP contribution >= 0.6 is 0 Å². The van der Waals surface area contributed by atoms with Gasteiger partial charge in [0.15, 0.2) is 0 Å². The van der Waals surface area contributed by atoms with Gasteiger partial charge < -0.3 is 5.11 Å². The molecular weight excluding hydrogens is 122 g/mol. The highest BCUT2D eigenvalue weighted by Gasteiger charge is 2.08. The second-order valence-corrected chi connectivity index (χ2v) is 1.95.